The number of amides is 1. The zero-order chi connectivity index (χ0) is 25.2. The number of rotatable bonds is 7. The first-order valence-electron chi connectivity index (χ1n) is 11.5. The minimum atomic E-state index is -0.281. The van der Waals surface area contributed by atoms with E-state index in [0.717, 1.165) is 37.2 Å². The number of fused-ring (bicyclic) bond motifs is 1. The number of piperidine rings is 1. The van der Waals surface area contributed by atoms with E-state index in [-0.39, 0.29) is 11.5 Å². The van der Waals surface area contributed by atoms with Crippen molar-refractivity contribution in [3.05, 3.63) is 95.8 Å². The third-order valence-corrected chi connectivity index (χ3v) is 5.49. The molecule has 3 aromatic rings. The molecule has 35 heavy (non-hydrogen) atoms. The van der Waals surface area contributed by atoms with E-state index in [1.807, 2.05) is 56.3 Å². The lowest BCUT2D eigenvalue weighted by Gasteiger charge is -2.30. The Labute approximate surface area is 204 Å². The normalized spacial score (nSPS) is 16.0. The average Bonchev–Trinajstić information content (AvgIpc) is 3.28. The second kappa shape index (κ2) is 12.3. The van der Waals surface area contributed by atoms with Crippen LogP contribution < -0.4 is 10.3 Å². The molecular weight excluding hydrogens is 442 g/mol. The number of allylic oxidation sites excluding steroid dienone is 5. The Bertz CT molecular complexity index is 1280. The summed E-state index contributed by atoms with van der Waals surface area (Å²) in [5.74, 6) is 1.29. The molecule has 8 heteroatoms. The molecule has 0 radical (unpaired) electrons. The van der Waals surface area contributed by atoms with Crippen molar-refractivity contribution in [2.24, 2.45) is 0 Å². The molecule has 182 valence electrons. The predicted octanol–water partition coefficient (Wildman–Crippen LogP) is 4.66. The Kier molecular flexibility index (Phi) is 8.95. The first-order chi connectivity index (χ1) is 17.1. The Hall–Kier alpha value is -4.20. The molecule has 0 spiro atoms. The lowest BCUT2D eigenvalue weighted by molar-refractivity contribution is -0.119. The van der Waals surface area contributed by atoms with Crippen LogP contribution in [0.2, 0.25) is 0 Å². The molecule has 0 bridgehead atoms. The van der Waals surface area contributed by atoms with Crippen LogP contribution in [0.1, 0.15) is 38.3 Å². The molecule has 1 aromatic carbocycles. The minimum Gasteiger partial charge on any atom is -0.457 e. The van der Waals surface area contributed by atoms with Gasteiger partial charge in [0.25, 0.3) is 5.56 Å². The van der Waals surface area contributed by atoms with Crippen LogP contribution in [0.5, 0.6) is 5.75 Å². The summed E-state index contributed by atoms with van der Waals surface area (Å²) >= 11 is 0. The van der Waals surface area contributed by atoms with Gasteiger partial charge in [-0.05, 0) is 63.1 Å². The predicted molar refractivity (Wildman–Crippen MR) is 139 cm³/mol. The Morgan fingerprint density at radius 2 is 1.97 bits per heavy atom. The average molecular weight is 474 g/mol. The maximum absolute atomic E-state index is 12.6. The van der Waals surface area contributed by atoms with Gasteiger partial charge in [0.15, 0.2) is 0 Å². The summed E-state index contributed by atoms with van der Waals surface area (Å²) in [6.45, 7) is 12.2. The van der Waals surface area contributed by atoms with Crippen LogP contribution in [-0.2, 0) is 4.79 Å². The van der Waals surface area contributed by atoms with Crippen LogP contribution in [-0.4, -0.2) is 44.4 Å². The Balaban J connectivity index is 0.00000108. The smallest absolute Gasteiger partial charge is 0.275 e. The zero-order valence-electron chi connectivity index (χ0n) is 20.2. The van der Waals surface area contributed by atoms with E-state index < -0.39 is 0 Å². The van der Waals surface area contributed by atoms with Gasteiger partial charge in [0.2, 0.25) is 6.41 Å². The highest BCUT2D eigenvalue weighted by atomic mass is 16.5. The quantitative estimate of drug-likeness (QED) is 0.233. The fourth-order valence-corrected chi connectivity index (χ4v) is 4.01. The molecule has 1 amide bonds. The highest BCUT2D eigenvalue weighted by molar-refractivity contribution is 5.81. The number of carbonyl (C=O) groups excluding carboxylic acids is 1. The number of likely N-dealkylation sites (tertiary alicyclic amines) is 1. The van der Waals surface area contributed by atoms with Crippen molar-refractivity contribution in [3.63, 3.8) is 0 Å². The monoisotopic (exact) mass is 473 g/mol. The Morgan fingerprint density at radius 3 is 2.63 bits per heavy atom. The SMILES string of the molecule is C=C/C(=C\C=C/C)Oc1ccc(-n2nc3cn[nH]c(=O)c3c2C2CCCN(C=O)C2)cc1.C=CC. The molecule has 1 unspecified atom stereocenters. The maximum Gasteiger partial charge on any atom is 0.275 e. The number of H-pyrrole nitrogens is 1. The third kappa shape index (κ3) is 6.03. The van der Waals surface area contributed by atoms with Crippen molar-refractivity contribution in [3.8, 4) is 11.4 Å². The highest BCUT2D eigenvalue weighted by Gasteiger charge is 2.28. The molecule has 0 aliphatic carbocycles. The van der Waals surface area contributed by atoms with Crippen molar-refractivity contribution in [2.75, 3.05) is 13.1 Å². The summed E-state index contributed by atoms with van der Waals surface area (Å²) < 4.78 is 7.65. The second-order valence-corrected chi connectivity index (χ2v) is 8.00. The van der Waals surface area contributed by atoms with E-state index in [0.29, 0.717) is 29.0 Å². The van der Waals surface area contributed by atoms with Crippen molar-refractivity contribution in [1.29, 1.82) is 0 Å². The second-order valence-electron chi connectivity index (χ2n) is 8.00. The number of hydrogen-bond acceptors (Lipinski definition) is 5. The molecule has 1 atom stereocenters. The van der Waals surface area contributed by atoms with Crippen molar-refractivity contribution < 1.29 is 9.53 Å². The van der Waals surface area contributed by atoms with Gasteiger partial charge in [-0.15, -0.1) is 6.58 Å². The number of nitrogens with one attached hydrogen (secondary N) is 1. The van der Waals surface area contributed by atoms with Crippen molar-refractivity contribution in [1.82, 2.24) is 24.9 Å². The fourth-order valence-electron chi connectivity index (χ4n) is 4.01. The Morgan fingerprint density at radius 1 is 1.23 bits per heavy atom. The minimum absolute atomic E-state index is 0.00508. The number of hydrogen-bond donors (Lipinski definition) is 1. The summed E-state index contributed by atoms with van der Waals surface area (Å²) in [7, 11) is 0. The molecule has 3 heterocycles. The van der Waals surface area contributed by atoms with Gasteiger partial charge in [0.1, 0.15) is 17.0 Å². The number of aromatic amines is 1. The largest absolute Gasteiger partial charge is 0.457 e. The number of aromatic nitrogens is 4. The summed E-state index contributed by atoms with van der Waals surface area (Å²) in [6.07, 6.45) is 13.2. The first-order valence-corrected chi connectivity index (χ1v) is 11.5. The maximum atomic E-state index is 12.6. The topological polar surface area (TPSA) is 93.1 Å². The molecule has 1 aliphatic rings. The third-order valence-electron chi connectivity index (χ3n) is 5.49. The van der Waals surface area contributed by atoms with E-state index in [4.69, 9.17) is 4.74 Å². The van der Waals surface area contributed by atoms with Gasteiger partial charge in [-0.1, -0.05) is 24.8 Å². The molecule has 0 saturated carbocycles. The van der Waals surface area contributed by atoms with Crippen LogP contribution in [0.4, 0.5) is 0 Å². The lowest BCUT2D eigenvalue weighted by Crippen LogP contribution is -2.34. The summed E-state index contributed by atoms with van der Waals surface area (Å²) in [5.41, 5.74) is 1.83. The molecule has 4 rings (SSSR count). The molecule has 1 N–H and O–H groups in total. The number of nitrogens with zero attached hydrogens (tertiary/aromatic N) is 4. The van der Waals surface area contributed by atoms with Gasteiger partial charge in [-0.3, -0.25) is 9.59 Å². The molecule has 1 fully saturated rings. The van der Waals surface area contributed by atoms with E-state index >= 15 is 0 Å². The van der Waals surface area contributed by atoms with Crippen LogP contribution in [0.3, 0.4) is 0 Å². The van der Waals surface area contributed by atoms with Crippen LogP contribution in [0, 0.1) is 0 Å². The highest BCUT2D eigenvalue weighted by Crippen LogP contribution is 2.32. The van der Waals surface area contributed by atoms with Crippen molar-refractivity contribution in [2.45, 2.75) is 32.6 Å². The van der Waals surface area contributed by atoms with Gasteiger partial charge < -0.3 is 9.64 Å². The van der Waals surface area contributed by atoms with E-state index in [9.17, 15) is 9.59 Å². The molecule has 2 aromatic heterocycles. The van der Waals surface area contributed by atoms with Gasteiger partial charge >= 0.3 is 0 Å². The first kappa shape index (κ1) is 25.4. The molecule has 8 nitrogen and oxygen atoms in total. The zero-order valence-corrected chi connectivity index (χ0v) is 20.2. The number of benzene rings is 1. The number of ether oxygens (including phenoxy) is 1. The van der Waals surface area contributed by atoms with E-state index in [1.54, 1.807) is 27.9 Å². The fraction of sp³-hybridized carbons (Fsp3) is 0.259. The summed E-state index contributed by atoms with van der Waals surface area (Å²) in [4.78, 5) is 25.8. The summed E-state index contributed by atoms with van der Waals surface area (Å²) in [5, 5.41) is 11.6. The van der Waals surface area contributed by atoms with Crippen LogP contribution in [0.15, 0.2) is 84.6 Å². The van der Waals surface area contributed by atoms with Gasteiger partial charge in [0, 0.05) is 19.0 Å². The van der Waals surface area contributed by atoms with Gasteiger partial charge in [-0.25, -0.2) is 9.78 Å². The van der Waals surface area contributed by atoms with Crippen LogP contribution in [0.25, 0.3) is 16.6 Å². The van der Waals surface area contributed by atoms with Crippen molar-refractivity contribution >= 4 is 17.3 Å². The molecule has 1 saturated heterocycles. The summed E-state index contributed by atoms with van der Waals surface area (Å²) in [6, 6.07) is 7.48. The van der Waals surface area contributed by atoms with E-state index in [2.05, 4.69) is 28.5 Å². The molecule has 1 aliphatic heterocycles. The van der Waals surface area contributed by atoms with Gasteiger partial charge in [-0.2, -0.15) is 10.2 Å². The number of carbonyl (C=O) groups is 1. The molecular formula is C27H31N5O3. The standard InChI is InChI=1S/C24H25N5O3.C3H6/c1-3-5-8-19(4-2)32-20-11-9-18(10-12-20)29-23(17-7-6-13-28(15-17)16-30)22-21(27-29)14-25-26-24(22)31;1-3-2/h3-5,8-12,14,16-17H,2,6-7,13,15H2,1H3,(H,26,31);3H,1H2,2H3/b5-3-,19-8+;. The van der Waals surface area contributed by atoms with Crippen LogP contribution >= 0.6 is 0 Å². The lowest BCUT2D eigenvalue weighted by atomic mass is 9.93. The van der Waals surface area contributed by atoms with Gasteiger partial charge in [0.05, 0.1) is 23.0 Å². The van der Waals surface area contributed by atoms with E-state index in [1.165, 1.54) is 0 Å².